The Hall–Kier alpha value is -4.14. The van der Waals surface area contributed by atoms with Crippen molar-refractivity contribution in [1.82, 2.24) is 5.32 Å². The number of nitrogens with one attached hydrogen (secondary N) is 1. The second-order valence-electron chi connectivity index (χ2n) is 8.66. The number of benzene rings is 4. The zero-order chi connectivity index (χ0) is 27.6. The highest BCUT2D eigenvalue weighted by Gasteiger charge is 2.40. The summed E-state index contributed by atoms with van der Waals surface area (Å²) in [6.07, 6.45) is -9.77. The van der Waals surface area contributed by atoms with E-state index in [4.69, 9.17) is 0 Å². The van der Waals surface area contributed by atoms with Gasteiger partial charge in [0, 0.05) is 12.0 Å². The van der Waals surface area contributed by atoms with Crippen LogP contribution in [0.3, 0.4) is 0 Å². The Morgan fingerprint density at radius 2 is 1.21 bits per heavy atom. The lowest BCUT2D eigenvalue weighted by Crippen LogP contribution is -2.48. The molecule has 4 rings (SSSR count). The fourth-order valence-corrected chi connectivity index (χ4v) is 4.29. The van der Waals surface area contributed by atoms with Crippen LogP contribution >= 0.6 is 0 Å². The predicted molar refractivity (Wildman–Crippen MR) is 128 cm³/mol. The minimum Gasteiger partial charge on any atom is -0.338 e. The largest absolute Gasteiger partial charge is 0.419 e. The van der Waals surface area contributed by atoms with E-state index in [9.17, 15) is 35.5 Å². The highest BCUT2D eigenvalue weighted by atomic mass is 19.4. The lowest BCUT2D eigenvalue weighted by atomic mass is 9.77. The van der Waals surface area contributed by atoms with Crippen LogP contribution in [0.5, 0.6) is 0 Å². The van der Waals surface area contributed by atoms with Crippen molar-refractivity contribution in [2.75, 3.05) is 0 Å². The second-order valence-corrected chi connectivity index (χ2v) is 8.66. The fourth-order valence-electron chi connectivity index (χ4n) is 4.29. The van der Waals surface area contributed by atoms with Crippen molar-refractivity contribution in [3.8, 4) is 0 Å². The first-order chi connectivity index (χ1) is 17.9. The highest BCUT2D eigenvalue weighted by Crippen LogP contribution is 2.38. The van der Waals surface area contributed by atoms with Crippen LogP contribution in [0.2, 0.25) is 0 Å². The molecule has 0 aliphatic carbocycles. The van der Waals surface area contributed by atoms with E-state index < -0.39 is 46.3 Å². The third-order valence-corrected chi connectivity index (χ3v) is 6.12. The number of rotatable bonds is 6. The van der Waals surface area contributed by atoms with Crippen LogP contribution in [0.25, 0.3) is 0 Å². The topological polar surface area (TPSA) is 29.1 Å². The summed E-state index contributed by atoms with van der Waals surface area (Å²) in [6.45, 7) is 0. The van der Waals surface area contributed by atoms with E-state index in [2.05, 4.69) is 5.32 Å². The Kier molecular flexibility index (Phi) is 7.31. The maximum absolute atomic E-state index is 13.9. The van der Waals surface area contributed by atoms with Gasteiger partial charge in [-0.15, -0.1) is 0 Å². The molecule has 4 aromatic rings. The molecule has 0 saturated carbocycles. The number of carbonyl (C=O) groups excluding carboxylic acids is 1. The zero-order valence-electron chi connectivity index (χ0n) is 19.6. The molecular formula is C29H20F7NO. The summed E-state index contributed by atoms with van der Waals surface area (Å²) in [4.78, 5) is 13.4. The lowest BCUT2D eigenvalue weighted by molar-refractivity contribution is -0.140. The molecule has 38 heavy (non-hydrogen) atoms. The molecule has 0 saturated heterocycles. The maximum atomic E-state index is 13.9. The highest BCUT2D eigenvalue weighted by molar-refractivity contribution is 5.95. The minimum atomic E-state index is -5.05. The van der Waals surface area contributed by atoms with Crippen LogP contribution in [0.15, 0.2) is 103 Å². The standard InChI is InChI=1S/C29H20F7NO/c30-25-15-14-20(16-24(25)29(34,35)36)26(38)37-27(21-10-5-2-6-11-21,18-19-8-3-1-4-9-19)22-12-7-13-23(17-22)28(31,32)33/h1-17H,18H2,(H,37,38). The van der Waals surface area contributed by atoms with E-state index in [1.807, 2.05) is 0 Å². The summed E-state index contributed by atoms with van der Waals surface area (Å²) in [7, 11) is 0. The lowest BCUT2D eigenvalue weighted by Gasteiger charge is -2.37. The Morgan fingerprint density at radius 1 is 0.632 bits per heavy atom. The molecule has 0 radical (unpaired) electrons. The molecule has 0 spiro atoms. The first-order valence-electron chi connectivity index (χ1n) is 11.4. The van der Waals surface area contributed by atoms with Crippen LogP contribution < -0.4 is 5.32 Å². The molecule has 4 aromatic carbocycles. The minimum absolute atomic E-state index is 0.0295. The molecule has 1 N–H and O–H groups in total. The average molecular weight is 531 g/mol. The van der Waals surface area contributed by atoms with Crippen molar-refractivity contribution in [2.45, 2.75) is 24.3 Å². The van der Waals surface area contributed by atoms with Crippen molar-refractivity contribution in [1.29, 1.82) is 0 Å². The van der Waals surface area contributed by atoms with Gasteiger partial charge < -0.3 is 5.32 Å². The molecule has 0 heterocycles. The van der Waals surface area contributed by atoms with Gasteiger partial charge in [0.2, 0.25) is 0 Å². The summed E-state index contributed by atoms with van der Waals surface area (Å²) in [5.41, 5.74) is -3.61. The second kappa shape index (κ2) is 10.3. The molecule has 0 fully saturated rings. The van der Waals surface area contributed by atoms with E-state index in [1.165, 1.54) is 12.1 Å². The molecule has 2 nitrogen and oxygen atoms in total. The van der Waals surface area contributed by atoms with Crippen molar-refractivity contribution >= 4 is 5.91 Å². The molecule has 0 aliphatic rings. The van der Waals surface area contributed by atoms with Gasteiger partial charge in [-0.1, -0.05) is 72.8 Å². The Morgan fingerprint density at radius 3 is 1.82 bits per heavy atom. The summed E-state index contributed by atoms with van der Waals surface area (Å²) < 4.78 is 94.9. The summed E-state index contributed by atoms with van der Waals surface area (Å²) in [6, 6.07) is 23.0. The molecule has 1 amide bonds. The molecular weight excluding hydrogens is 511 g/mol. The van der Waals surface area contributed by atoms with Gasteiger partial charge in [-0.2, -0.15) is 26.3 Å². The van der Waals surface area contributed by atoms with Gasteiger partial charge in [0.1, 0.15) is 5.82 Å². The maximum Gasteiger partial charge on any atom is 0.419 e. The summed E-state index contributed by atoms with van der Waals surface area (Å²) >= 11 is 0. The van der Waals surface area contributed by atoms with Gasteiger partial charge in [-0.05, 0) is 47.0 Å². The van der Waals surface area contributed by atoms with Gasteiger partial charge in [-0.25, -0.2) is 4.39 Å². The van der Waals surface area contributed by atoms with Crippen LogP contribution in [-0.2, 0) is 24.3 Å². The molecule has 196 valence electrons. The third kappa shape index (κ3) is 5.72. The summed E-state index contributed by atoms with van der Waals surface area (Å²) in [5.74, 6) is -2.57. The first kappa shape index (κ1) is 26.9. The van der Waals surface area contributed by atoms with E-state index in [1.54, 1.807) is 60.7 Å². The van der Waals surface area contributed by atoms with Gasteiger partial charge in [0.15, 0.2) is 0 Å². The zero-order valence-corrected chi connectivity index (χ0v) is 19.6. The molecule has 1 unspecified atom stereocenters. The molecule has 9 heteroatoms. The molecule has 0 aliphatic heterocycles. The predicted octanol–water partition coefficient (Wildman–Crippen LogP) is 7.78. The molecule has 0 bridgehead atoms. The SMILES string of the molecule is O=C(NC(Cc1ccccc1)(c1ccccc1)c1cccc(C(F)(F)F)c1)c1ccc(F)c(C(F)(F)F)c1. The van der Waals surface area contributed by atoms with Gasteiger partial charge in [0.25, 0.3) is 5.91 Å². The number of alkyl halides is 6. The number of halogens is 7. The Bertz CT molecular complexity index is 1420. The monoisotopic (exact) mass is 531 g/mol. The van der Waals surface area contributed by atoms with Crippen LogP contribution in [0.1, 0.15) is 38.2 Å². The van der Waals surface area contributed by atoms with E-state index in [0.717, 1.165) is 18.2 Å². The average Bonchev–Trinajstić information content (AvgIpc) is 2.88. The fraction of sp³-hybridized carbons (Fsp3) is 0.138. The van der Waals surface area contributed by atoms with E-state index >= 15 is 0 Å². The quantitative estimate of drug-likeness (QED) is 0.253. The van der Waals surface area contributed by atoms with Crippen LogP contribution in [0, 0.1) is 5.82 Å². The van der Waals surface area contributed by atoms with E-state index in [-0.39, 0.29) is 12.0 Å². The van der Waals surface area contributed by atoms with Crippen molar-refractivity contribution < 1.29 is 35.5 Å². The number of carbonyl (C=O) groups is 1. The van der Waals surface area contributed by atoms with Crippen molar-refractivity contribution in [3.63, 3.8) is 0 Å². The normalized spacial score (nSPS) is 13.6. The van der Waals surface area contributed by atoms with E-state index in [0.29, 0.717) is 23.3 Å². The first-order valence-corrected chi connectivity index (χ1v) is 11.4. The van der Waals surface area contributed by atoms with Gasteiger partial charge in [0.05, 0.1) is 16.7 Å². The van der Waals surface area contributed by atoms with Crippen molar-refractivity contribution in [3.05, 3.63) is 142 Å². The Labute approximate surface area is 213 Å². The number of hydrogen-bond acceptors (Lipinski definition) is 1. The van der Waals surface area contributed by atoms with Crippen LogP contribution in [0.4, 0.5) is 30.7 Å². The number of hydrogen-bond donors (Lipinski definition) is 1. The number of amides is 1. The Balaban J connectivity index is 1.92. The smallest absolute Gasteiger partial charge is 0.338 e. The van der Waals surface area contributed by atoms with Crippen molar-refractivity contribution in [2.24, 2.45) is 0 Å². The molecule has 1 atom stereocenters. The molecule has 0 aromatic heterocycles. The van der Waals surface area contributed by atoms with Gasteiger partial charge in [-0.3, -0.25) is 4.79 Å². The summed E-state index contributed by atoms with van der Waals surface area (Å²) in [5, 5.41) is 2.71. The van der Waals surface area contributed by atoms with Crippen LogP contribution in [-0.4, -0.2) is 5.91 Å². The van der Waals surface area contributed by atoms with Gasteiger partial charge >= 0.3 is 12.4 Å². The third-order valence-electron chi connectivity index (χ3n) is 6.12.